The van der Waals surface area contributed by atoms with Crippen molar-refractivity contribution in [1.29, 1.82) is 0 Å². The Balaban J connectivity index is 1.94. The quantitative estimate of drug-likeness (QED) is 0.848. The molecular weight excluding hydrogens is 286 g/mol. The van der Waals surface area contributed by atoms with E-state index >= 15 is 0 Å². The van der Waals surface area contributed by atoms with Gasteiger partial charge in [-0.3, -0.25) is 9.59 Å². The van der Waals surface area contributed by atoms with Crippen LogP contribution < -0.4 is 5.32 Å². The molecule has 1 aromatic heterocycles. The fourth-order valence-electron chi connectivity index (χ4n) is 2.75. The zero-order chi connectivity index (χ0) is 15.4. The number of fused-ring (bicyclic) bond motifs is 1. The summed E-state index contributed by atoms with van der Waals surface area (Å²) in [4.78, 5) is 25.4. The number of rotatable bonds is 6. The highest BCUT2D eigenvalue weighted by Gasteiger charge is 2.21. The number of carboxylic acids is 1. The Morgan fingerprint density at radius 1 is 1.33 bits per heavy atom. The number of hydrogen-bond donors (Lipinski definition) is 2. The summed E-state index contributed by atoms with van der Waals surface area (Å²) < 4.78 is 0. The molecule has 1 aliphatic rings. The normalized spacial score (nSPS) is 15.6. The van der Waals surface area contributed by atoms with Crippen LogP contribution in [0.3, 0.4) is 0 Å². The second kappa shape index (κ2) is 7.07. The van der Waals surface area contributed by atoms with Crippen LogP contribution in [-0.2, 0) is 17.6 Å². The largest absolute Gasteiger partial charge is 0.481 e. The van der Waals surface area contributed by atoms with Crippen molar-refractivity contribution in [3.8, 4) is 0 Å². The highest BCUT2D eigenvalue weighted by atomic mass is 32.1. The Morgan fingerprint density at radius 2 is 2.05 bits per heavy atom. The van der Waals surface area contributed by atoms with E-state index in [9.17, 15) is 14.7 Å². The van der Waals surface area contributed by atoms with Gasteiger partial charge >= 0.3 is 5.97 Å². The van der Waals surface area contributed by atoms with Crippen LogP contribution in [0.2, 0.25) is 0 Å². The minimum Gasteiger partial charge on any atom is -0.481 e. The fourth-order valence-corrected chi connectivity index (χ4v) is 3.92. The molecule has 1 amide bonds. The number of carboxylic acid groups (broad SMARTS) is 1. The molecule has 0 aromatic carbocycles. The lowest BCUT2D eigenvalue weighted by Gasteiger charge is -2.15. The molecule has 0 saturated heterocycles. The van der Waals surface area contributed by atoms with Crippen LogP contribution in [0.25, 0.3) is 0 Å². The van der Waals surface area contributed by atoms with Gasteiger partial charge in [0.1, 0.15) is 0 Å². The topological polar surface area (TPSA) is 66.4 Å². The molecule has 0 fully saturated rings. The summed E-state index contributed by atoms with van der Waals surface area (Å²) in [7, 11) is 0. The van der Waals surface area contributed by atoms with Crippen LogP contribution in [-0.4, -0.2) is 23.5 Å². The molecule has 0 radical (unpaired) electrons. The summed E-state index contributed by atoms with van der Waals surface area (Å²) in [6.07, 6.45) is 5.10. The molecule has 1 atom stereocenters. The molecule has 2 N–H and O–H groups in total. The van der Waals surface area contributed by atoms with Gasteiger partial charge in [0.15, 0.2) is 0 Å². The summed E-state index contributed by atoms with van der Waals surface area (Å²) in [6, 6.07) is 1.98. The predicted octanol–water partition coefficient (Wildman–Crippen LogP) is 3.10. The van der Waals surface area contributed by atoms with Gasteiger partial charge in [-0.25, -0.2) is 0 Å². The number of hydrogen-bond acceptors (Lipinski definition) is 3. The highest BCUT2D eigenvalue weighted by molar-refractivity contribution is 7.14. The molecule has 4 nitrogen and oxygen atoms in total. The smallest absolute Gasteiger partial charge is 0.308 e. The van der Waals surface area contributed by atoms with Crippen molar-refractivity contribution in [3.05, 3.63) is 21.4 Å². The van der Waals surface area contributed by atoms with Crippen LogP contribution in [0.5, 0.6) is 0 Å². The third-order valence-corrected chi connectivity index (χ3v) is 5.07. The summed E-state index contributed by atoms with van der Waals surface area (Å²) in [6.45, 7) is 4.19. The third-order valence-electron chi connectivity index (χ3n) is 3.83. The van der Waals surface area contributed by atoms with Crippen molar-refractivity contribution in [2.24, 2.45) is 11.8 Å². The maximum Gasteiger partial charge on any atom is 0.308 e. The average Bonchev–Trinajstić information content (AvgIpc) is 2.86. The molecule has 0 bridgehead atoms. The van der Waals surface area contributed by atoms with Gasteiger partial charge in [-0.05, 0) is 49.7 Å². The number of carbonyl (C=O) groups is 2. The molecule has 1 aromatic rings. The maximum atomic E-state index is 12.2. The first-order valence-electron chi connectivity index (χ1n) is 7.60. The lowest BCUT2D eigenvalue weighted by atomic mass is 9.97. The van der Waals surface area contributed by atoms with Crippen molar-refractivity contribution in [2.75, 3.05) is 6.54 Å². The molecular formula is C16H23NO3S. The third kappa shape index (κ3) is 4.30. The van der Waals surface area contributed by atoms with Gasteiger partial charge in [-0.1, -0.05) is 13.8 Å². The van der Waals surface area contributed by atoms with E-state index in [0.29, 0.717) is 12.3 Å². The lowest BCUT2D eigenvalue weighted by molar-refractivity contribution is -0.142. The van der Waals surface area contributed by atoms with E-state index < -0.39 is 11.9 Å². The van der Waals surface area contributed by atoms with Gasteiger partial charge in [-0.15, -0.1) is 11.3 Å². The molecule has 0 aliphatic heterocycles. The number of aliphatic carboxylic acids is 1. The molecule has 1 heterocycles. The molecule has 116 valence electrons. The zero-order valence-corrected chi connectivity index (χ0v) is 13.5. The first-order chi connectivity index (χ1) is 9.97. The molecule has 0 spiro atoms. The van der Waals surface area contributed by atoms with Gasteiger partial charge in [0.25, 0.3) is 5.91 Å². The lowest BCUT2D eigenvalue weighted by Crippen LogP contribution is -2.33. The monoisotopic (exact) mass is 309 g/mol. The number of thiophene rings is 1. The van der Waals surface area contributed by atoms with E-state index in [1.54, 1.807) is 11.3 Å². The van der Waals surface area contributed by atoms with Gasteiger partial charge < -0.3 is 10.4 Å². The molecule has 1 aliphatic carbocycles. The van der Waals surface area contributed by atoms with Crippen LogP contribution in [0, 0.1) is 11.8 Å². The molecule has 0 saturated carbocycles. The number of carbonyl (C=O) groups excluding carboxylic acids is 1. The number of aryl methyl sites for hydroxylation is 2. The van der Waals surface area contributed by atoms with E-state index in [-0.39, 0.29) is 12.5 Å². The summed E-state index contributed by atoms with van der Waals surface area (Å²) in [5.74, 6) is -1.18. The maximum absolute atomic E-state index is 12.2. The second-order valence-corrected chi connectivity index (χ2v) is 7.28. The van der Waals surface area contributed by atoms with Crippen LogP contribution in [0.4, 0.5) is 0 Å². The first-order valence-corrected chi connectivity index (χ1v) is 8.41. The fraction of sp³-hybridized carbons (Fsp3) is 0.625. The Kier molecular flexibility index (Phi) is 5.39. The van der Waals surface area contributed by atoms with E-state index in [2.05, 4.69) is 5.32 Å². The number of amides is 1. The zero-order valence-electron chi connectivity index (χ0n) is 12.6. The summed E-state index contributed by atoms with van der Waals surface area (Å²) in [5.41, 5.74) is 1.30. The molecule has 5 heteroatoms. The Morgan fingerprint density at radius 3 is 2.67 bits per heavy atom. The van der Waals surface area contributed by atoms with Gasteiger partial charge in [0.2, 0.25) is 0 Å². The Labute approximate surface area is 129 Å². The van der Waals surface area contributed by atoms with Crippen molar-refractivity contribution >= 4 is 23.2 Å². The van der Waals surface area contributed by atoms with Crippen molar-refractivity contribution in [1.82, 2.24) is 5.32 Å². The highest BCUT2D eigenvalue weighted by Crippen LogP contribution is 2.29. The standard InChI is InChI=1S/C16H23NO3S/c1-10(2)7-12(16(19)20)9-17-15(18)14-8-11-5-3-4-6-13(11)21-14/h8,10,12H,3-7,9H2,1-2H3,(H,17,18)(H,19,20). The summed E-state index contributed by atoms with van der Waals surface area (Å²) in [5, 5.41) is 12.0. The SMILES string of the molecule is CC(C)CC(CNC(=O)c1cc2c(s1)CCCC2)C(=O)O. The van der Waals surface area contributed by atoms with Gasteiger partial charge in [0.05, 0.1) is 10.8 Å². The molecule has 2 rings (SSSR count). The van der Waals surface area contributed by atoms with Crippen LogP contribution >= 0.6 is 11.3 Å². The van der Waals surface area contributed by atoms with Crippen molar-refractivity contribution in [3.63, 3.8) is 0 Å². The summed E-state index contributed by atoms with van der Waals surface area (Å²) >= 11 is 1.56. The van der Waals surface area contributed by atoms with Gasteiger partial charge in [-0.2, -0.15) is 0 Å². The Hall–Kier alpha value is -1.36. The van der Waals surface area contributed by atoms with Crippen molar-refractivity contribution < 1.29 is 14.7 Å². The van der Waals surface area contributed by atoms with Crippen molar-refractivity contribution in [2.45, 2.75) is 46.0 Å². The second-order valence-electron chi connectivity index (χ2n) is 6.14. The van der Waals surface area contributed by atoms with E-state index in [4.69, 9.17) is 0 Å². The average molecular weight is 309 g/mol. The number of nitrogens with one attached hydrogen (secondary N) is 1. The van der Waals surface area contributed by atoms with E-state index in [0.717, 1.165) is 17.7 Å². The first kappa shape index (κ1) is 16.0. The predicted molar refractivity (Wildman–Crippen MR) is 83.9 cm³/mol. The van der Waals surface area contributed by atoms with E-state index in [1.165, 1.54) is 23.3 Å². The minimum atomic E-state index is -0.838. The molecule has 21 heavy (non-hydrogen) atoms. The van der Waals surface area contributed by atoms with Gasteiger partial charge in [0, 0.05) is 11.4 Å². The minimum absolute atomic E-state index is 0.135. The Bertz CT molecular complexity index is 498. The molecule has 1 unspecified atom stereocenters. The van der Waals surface area contributed by atoms with Crippen LogP contribution in [0.1, 0.15) is 53.2 Å². The van der Waals surface area contributed by atoms with Crippen LogP contribution in [0.15, 0.2) is 6.07 Å². The van der Waals surface area contributed by atoms with E-state index in [1.807, 2.05) is 19.9 Å².